The Morgan fingerprint density at radius 1 is 1.33 bits per heavy atom. The zero-order valence-electron chi connectivity index (χ0n) is 9.59. The third-order valence-electron chi connectivity index (χ3n) is 5.41. The number of Topliss-reactive ketones (excluding diaryl/α,β-unsaturated/α-hetero) is 1. The number of ketones is 1. The van der Waals surface area contributed by atoms with E-state index >= 15 is 0 Å². The molecular formula is C12H18O3. The third-order valence-corrected chi connectivity index (χ3v) is 5.41. The molecule has 3 nitrogen and oxygen atoms in total. The van der Waals surface area contributed by atoms with E-state index in [1.165, 1.54) is 0 Å². The summed E-state index contributed by atoms with van der Waals surface area (Å²) in [5, 5.41) is 8.98. The second kappa shape index (κ2) is 2.63. The first-order valence-corrected chi connectivity index (χ1v) is 5.50. The zero-order chi connectivity index (χ0) is 11.5. The molecule has 84 valence electrons. The second-order valence-electron chi connectivity index (χ2n) is 5.91. The number of hydrogen-bond acceptors (Lipinski definition) is 2. The van der Waals surface area contributed by atoms with Gasteiger partial charge in [0, 0.05) is 11.8 Å². The predicted molar refractivity (Wildman–Crippen MR) is 55.4 cm³/mol. The Morgan fingerprint density at radius 3 is 2.27 bits per heavy atom. The van der Waals surface area contributed by atoms with E-state index in [1.54, 1.807) is 0 Å². The number of carboxylic acid groups (broad SMARTS) is 1. The Labute approximate surface area is 89.9 Å². The van der Waals surface area contributed by atoms with E-state index in [0.717, 1.165) is 12.8 Å². The van der Waals surface area contributed by atoms with Gasteiger partial charge in [-0.25, -0.2) is 0 Å². The largest absolute Gasteiger partial charge is 0.481 e. The van der Waals surface area contributed by atoms with Crippen LogP contribution < -0.4 is 0 Å². The van der Waals surface area contributed by atoms with Crippen molar-refractivity contribution in [3.05, 3.63) is 0 Å². The van der Waals surface area contributed by atoms with Crippen molar-refractivity contribution in [3.8, 4) is 0 Å². The molecule has 1 N–H and O–H groups in total. The Balaban J connectivity index is 2.44. The first kappa shape index (κ1) is 10.7. The molecule has 0 aromatic rings. The summed E-state index contributed by atoms with van der Waals surface area (Å²) in [5.74, 6) is -0.512. The van der Waals surface area contributed by atoms with E-state index in [4.69, 9.17) is 5.11 Å². The molecule has 15 heavy (non-hydrogen) atoms. The first-order valence-electron chi connectivity index (χ1n) is 5.50. The van der Waals surface area contributed by atoms with E-state index in [-0.39, 0.29) is 28.4 Å². The van der Waals surface area contributed by atoms with Crippen LogP contribution in [0.25, 0.3) is 0 Å². The van der Waals surface area contributed by atoms with E-state index in [0.29, 0.717) is 6.42 Å². The molecule has 2 atom stereocenters. The lowest BCUT2D eigenvalue weighted by atomic mass is 9.64. The van der Waals surface area contributed by atoms with Gasteiger partial charge in [0.05, 0.1) is 6.42 Å². The van der Waals surface area contributed by atoms with Crippen molar-refractivity contribution in [3.63, 3.8) is 0 Å². The molecular weight excluding hydrogens is 192 g/mol. The lowest BCUT2D eigenvalue weighted by Crippen LogP contribution is -2.36. The van der Waals surface area contributed by atoms with Crippen molar-refractivity contribution in [2.75, 3.05) is 0 Å². The highest BCUT2D eigenvalue weighted by Crippen LogP contribution is 2.71. The third kappa shape index (κ3) is 1.01. The maximum absolute atomic E-state index is 12.0. The summed E-state index contributed by atoms with van der Waals surface area (Å²) in [7, 11) is 0. The Morgan fingerprint density at radius 2 is 1.93 bits per heavy atom. The van der Waals surface area contributed by atoms with Crippen molar-refractivity contribution in [2.45, 2.75) is 46.5 Å². The number of carboxylic acids is 1. The minimum atomic E-state index is -0.776. The lowest BCUT2D eigenvalue weighted by Gasteiger charge is -2.39. The summed E-state index contributed by atoms with van der Waals surface area (Å²) in [5.41, 5.74) is -0.747. The van der Waals surface area contributed by atoms with Crippen LogP contribution in [0.3, 0.4) is 0 Å². The molecule has 0 amide bonds. The summed E-state index contributed by atoms with van der Waals surface area (Å²) < 4.78 is 0. The molecule has 0 unspecified atom stereocenters. The van der Waals surface area contributed by atoms with Crippen molar-refractivity contribution in [2.24, 2.45) is 16.2 Å². The van der Waals surface area contributed by atoms with Crippen molar-refractivity contribution in [1.82, 2.24) is 0 Å². The minimum Gasteiger partial charge on any atom is -0.481 e. The maximum Gasteiger partial charge on any atom is 0.303 e. The van der Waals surface area contributed by atoms with Gasteiger partial charge in [-0.1, -0.05) is 20.8 Å². The number of hydrogen-bond donors (Lipinski definition) is 1. The minimum absolute atomic E-state index is 0.140. The van der Waals surface area contributed by atoms with Crippen molar-refractivity contribution in [1.29, 1.82) is 0 Å². The van der Waals surface area contributed by atoms with Crippen molar-refractivity contribution < 1.29 is 14.7 Å². The van der Waals surface area contributed by atoms with Gasteiger partial charge < -0.3 is 5.11 Å². The van der Waals surface area contributed by atoms with Gasteiger partial charge in [-0.05, 0) is 23.7 Å². The van der Waals surface area contributed by atoms with Crippen LogP contribution in [0.5, 0.6) is 0 Å². The van der Waals surface area contributed by atoms with Gasteiger partial charge in [0.2, 0.25) is 0 Å². The monoisotopic (exact) mass is 210 g/mol. The zero-order valence-corrected chi connectivity index (χ0v) is 9.59. The summed E-state index contributed by atoms with van der Waals surface area (Å²) in [6.07, 6.45) is 2.34. The first-order chi connectivity index (χ1) is 6.75. The van der Waals surface area contributed by atoms with Crippen LogP contribution in [0.4, 0.5) is 0 Å². The maximum atomic E-state index is 12.0. The average molecular weight is 210 g/mol. The highest BCUT2D eigenvalue weighted by atomic mass is 16.4. The van der Waals surface area contributed by atoms with Crippen LogP contribution in [0.15, 0.2) is 0 Å². The molecule has 2 saturated carbocycles. The highest BCUT2D eigenvalue weighted by Gasteiger charge is 2.69. The highest BCUT2D eigenvalue weighted by molar-refractivity contribution is 5.91. The van der Waals surface area contributed by atoms with Gasteiger partial charge in [-0.15, -0.1) is 0 Å². The molecule has 0 saturated heterocycles. The van der Waals surface area contributed by atoms with Crippen LogP contribution in [0, 0.1) is 16.2 Å². The van der Waals surface area contributed by atoms with Gasteiger partial charge in [-0.3, -0.25) is 9.59 Å². The van der Waals surface area contributed by atoms with Crippen molar-refractivity contribution >= 4 is 11.8 Å². The fraction of sp³-hybridized carbons (Fsp3) is 0.833. The number of carbonyl (C=O) groups is 2. The summed E-state index contributed by atoms with van der Waals surface area (Å²) in [4.78, 5) is 22.9. The molecule has 0 heterocycles. The van der Waals surface area contributed by atoms with Crippen LogP contribution in [-0.4, -0.2) is 16.9 Å². The number of fused-ring (bicyclic) bond motifs is 2. The quantitative estimate of drug-likeness (QED) is 0.760. The fourth-order valence-electron chi connectivity index (χ4n) is 3.66. The van der Waals surface area contributed by atoms with Gasteiger partial charge >= 0.3 is 5.97 Å². The average Bonchev–Trinajstić information content (AvgIpc) is 2.33. The molecule has 0 spiro atoms. The molecule has 2 rings (SSSR count). The fourth-order valence-corrected chi connectivity index (χ4v) is 3.66. The van der Waals surface area contributed by atoms with Gasteiger partial charge in [-0.2, -0.15) is 0 Å². The Kier molecular flexibility index (Phi) is 1.87. The van der Waals surface area contributed by atoms with Crippen LogP contribution in [0.2, 0.25) is 0 Å². The summed E-state index contributed by atoms with van der Waals surface area (Å²) in [6, 6.07) is 0. The van der Waals surface area contributed by atoms with Crippen LogP contribution >= 0.6 is 0 Å². The number of carbonyl (C=O) groups excluding carboxylic acids is 1. The predicted octanol–water partition coefficient (Wildman–Crippen LogP) is 2.25. The smallest absolute Gasteiger partial charge is 0.303 e. The molecule has 2 bridgehead atoms. The van der Waals surface area contributed by atoms with E-state index in [2.05, 4.69) is 13.8 Å². The Hall–Kier alpha value is -0.860. The second-order valence-corrected chi connectivity index (χ2v) is 5.91. The molecule has 0 aromatic carbocycles. The molecule has 0 radical (unpaired) electrons. The summed E-state index contributed by atoms with van der Waals surface area (Å²) >= 11 is 0. The normalized spacial score (nSPS) is 42.2. The lowest BCUT2D eigenvalue weighted by molar-refractivity contribution is -0.141. The van der Waals surface area contributed by atoms with E-state index in [1.807, 2.05) is 6.92 Å². The molecule has 0 aromatic heterocycles. The number of aliphatic carboxylic acids is 1. The molecule has 2 fully saturated rings. The van der Waals surface area contributed by atoms with Gasteiger partial charge in [0.15, 0.2) is 0 Å². The topological polar surface area (TPSA) is 54.4 Å². The van der Waals surface area contributed by atoms with E-state index < -0.39 is 5.97 Å². The SMILES string of the molecule is CC1(C)[C@]2(CC(=O)O)CC[C@@]1(C)C(=O)C2. The van der Waals surface area contributed by atoms with E-state index in [9.17, 15) is 9.59 Å². The van der Waals surface area contributed by atoms with Gasteiger partial charge in [0.1, 0.15) is 5.78 Å². The molecule has 2 aliphatic carbocycles. The molecule has 2 aliphatic rings. The molecule has 3 heteroatoms. The van der Waals surface area contributed by atoms with Crippen LogP contribution in [0.1, 0.15) is 46.5 Å². The molecule has 0 aliphatic heterocycles. The standard InChI is InChI=1S/C12H18O3/c1-10(2)11(3)4-5-12(10,6-8(11)13)7-9(14)15/h4-7H2,1-3H3,(H,14,15)/t11-,12+/m0/s1. The Bertz CT molecular complexity index is 341. The summed E-state index contributed by atoms with van der Waals surface area (Å²) in [6.45, 7) is 6.13. The van der Waals surface area contributed by atoms with Gasteiger partial charge in [0.25, 0.3) is 0 Å². The van der Waals surface area contributed by atoms with Crippen LogP contribution in [-0.2, 0) is 9.59 Å². The number of rotatable bonds is 2.